The van der Waals surface area contributed by atoms with Crippen LogP contribution in [0.5, 0.6) is 0 Å². The second-order valence-electron chi connectivity index (χ2n) is 6.93. The molecule has 9 nitrogen and oxygen atoms in total. The van der Waals surface area contributed by atoms with Crippen LogP contribution in [0.1, 0.15) is 23.3 Å². The first-order chi connectivity index (χ1) is 15.1. The third-order valence-corrected chi connectivity index (χ3v) is 6.37. The first-order valence-corrected chi connectivity index (χ1v) is 11.4. The van der Waals surface area contributed by atoms with E-state index in [-0.39, 0.29) is 23.6 Å². The van der Waals surface area contributed by atoms with E-state index in [0.717, 1.165) is 23.1 Å². The van der Waals surface area contributed by atoms with Crippen LogP contribution in [-0.2, 0) is 4.79 Å². The Bertz CT molecular complexity index is 1230. The van der Waals surface area contributed by atoms with Crippen LogP contribution in [0.25, 0.3) is 16.0 Å². The number of benzene rings is 1. The number of amides is 2. The molecule has 3 aromatic heterocycles. The third kappa shape index (κ3) is 4.72. The molecule has 4 aromatic rings. The maximum Gasteiger partial charge on any atom is 0.272 e. The Morgan fingerprint density at radius 2 is 2.06 bits per heavy atom. The minimum Gasteiger partial charge on any atom is -0.348 e. The molecule has 0 aliphatic heterocycles. The van der Waals surface area contributed by atoms with Crippen LogP contribution < -0.4 is 10.6 Å². The molecule has 1 saturated carbocycles. The third-order valence-electron chi connectivity index (χ3n) is 4.49. The number of carbonyl (C=O) groups excluding carboxylic acids is 2. The van der Waals surface area contributed by atoms with Crippen LogP contribution in [0.4, 0.5) is 5.13 Å². The van der Waals surface area contributed by atoms with Crippen molar-refractivity contribution >= 4 is 50.3 Å². The molecule has 156 valence electrons. The van der Waals surface area contributed by atoms with Crippen molar-refractivity contribution in [2.24, 2.45) is 0 Å². The topological polar surface area (TPSA) is 115 Å². The fourth-order valence-electron chi connectivity index (χ4n) is 2.81. The zero-order valence-corrected chi connectivity index (χ0v) is 17.8. The van der Waals surface area contributed by atoms with Gasteiger partial charge in [-0.2, -0.15) is 5.10 Å². The second-order valence-corrected chi connectivity index (χ2v) is 8.96. The fourth-order valence-corrected chi connectivity index (χ4v) is 4.36. The molecule has 0 unspecified atom stereocenters. The van der Waals surface area contributed by atoms with E-state index in [1.807, 2.05) is 24.3 Å². The highest BCUT2D eigenvalue weighted by Crippen LogP contribution is 2.26. The molecule has 1 aliphatic rings. The quantitative estimate of drug-likeness (QED) is 0.328. The lowest BCUT2D eigenvalue weighted by Crippen LogP contribution is -2.25. The molecule has 5 rings (SSSR count). The summed E-state index contributed by atoms with van der Waals surface area (Å²) in [7, 11) is 0. The van der Waals surface area contributed by atoms with E-state index in [9.17, 15) is 9.59 Å². The van der Waals surface area contributed by atoms with Gasteiger partial charge in [-0.15, -0.1) is 0 Å². The predicted octanol–water partition coefficient (Wildman–Crippen LogP) is 2.90. The summed E-state index contributed by atoms with van der Waals surface area (Å²) >= 11 is 2.72. The summed E-state index contributed by atoms with van der Waals surface area (Å²) < 4.78 is 2.55. The fraction of sp³-hybridized carbons (Fsp3) is 0.200. The maximum absolute atomic E-state index is 12.3. The van der Waals surface area contributed by atoms with Crippen molar-refractivity contribution < 1.29 is 9.59 Å². The summed E-state index contributed by atoms with van der Waals surface area (Å²) in [6, 6.07) is 11.4. The van der Waals surface area contributed by atoms with Gasteiger partial charge >= 0.3 is 0 Å². The van der Waals surface area contributed by atoms with Crippen LogP contribution in [0.2, 0.25) is 0 Å². The number of nitrogens with one attached hydrogen (secondary N) is 2. The van der Waals surface area contributed by atoms with E-state index < -0.39 is 0 Å². The Morgan fingerprint density at radius 3 is 2.90 bits per heavy atom. The predicted molar refractivity (Wildman–Crippen MR) is 119 cm³/mol. The molecular formula is C20H17N7O2S2. The monoisotopic (exact) mass is 451 g/mol. The number of rotatable bonds is 7. The Morgan fingerprint density at radius 1 is 1.19 bits per heavy atom. The molecule has 2 N–H and O–H groups in total. The van der Waals surface area contributed by atoms with Crippen molar-refractivity contribution in [1.29, 1.82) is 0 Å². The molecule has 0 radical (unpaired) electrons. The number of thiazole rings is 1. The van der Waals surface area contributed by atoms with E-state index in [2.05, 4.69) is 30.7 Å². The lowest BCUT2D eigenvalue weighted by molar-refractivity contribution is -0.113. The van der Waals surface area contributed by atoms with E-state index >= 15 is 0 Å². The van der Waals surface area contributed by atoms with Gasteiger partial charge in [0.1, 0.15) is 11.4 Å². The molecule has 3 heterocycles. The summed E-state index contributed by atoms with van der Waals surface area (Å²) in [5.41, 5.74) is 1.20. The summed E-state index contributed by atoms with van der Waals surface area (Å²) in [4.78, 5) is 37.3. The van der Waals surface area contributed by atoms with Crippen molar-refractivity contribution in [2.45, 2.75) is 23.9 Å². The molecular weight excluding hydrogens is 434 g/mol. The van der Waals surface area contributed by atoms with Gasteiger partial charge in [-0.05, 0) is 31.0 Å². The van der Waals surface area contributed by atoms with Gasteiger partial charge in [0.05, 0.1) is 16.0 Å². The Labute approximate surface area is 185 Å². The van der Waals surface area contributed by atoms with Crippen molar-refractivity contribution in [3.8, 4) is 5.82 Å². The molecule has 2 amide bonds. The standard InChI is InChI=1S/C20H17N7O2S2/c28-17(25-20-24-13-3-1-2-4-15(13)31-20)10-30-18-9-16(21-11-22-18)27-8-7-14(26-27)19(29)23-12-5-6-12/h1-4,7-9,11-12H,5-6,10H2,(H,23,29)(H,24,25,28). The van der Waals surface area contributed by atoms with Crippen LogP contribution in [0.15, 0.2) is 53.9 Å². The van der Waals surface area contributed by atoms with Gasteiger partial charge in [0.25, 0.3) is 5.91 Å². The van der Waals surface area contributed by atoms with Crippen molar-refractivity contribution in [3.63, 3.8) is 0 Å². The molecule has 1 aliphatic carbocycles. The molecule has 0 atom stereocenters. The minimum atomic E-state index is -0.184. The number of aromatic nitrogens is 5. The van der Waals surface area contributed by atoms with Gasteiger partial charge in [-0.3, -0.25) is 9.59 Å². The normalized spacial score (nSPS) is 13.3. The summed E-state index contributed by atoms with van der Waals surface area (Å²) in [6.45, 7) is 0. The zero-order chi connectivity index (χ0) is 21.2. The van der Waals surface area contributed by atoms with E-state index in [1.165, 1.54) is 34.1 Å². The SMILES string of the molecule is O=C(CSc1cc(-n2ccc(C(=O)NC3CC3)n2)ncn1)Nc1nc2ccccc2s1. The molecule has 0 spiro atoms. The first kappa shape index (κ1) is 19.6. The molecule has 1 fully saturated rings. The lowest BCUT2D eigenvalue weighted by Gasteiger charge is -2.04. The van der Waals surface area contributed by atoms with E-state index in [0.29, 0.717) is 21.7 Å². The van der Waals surface area contributed by atoms with Gasteiger partial charge < -0.3 is 10.6 Å². The number of anilines is 1. The minimum absolute atomic E-state index is 0.164. The number of hydrogen-bond acceptors (Lipinski definition) is 8. The number of carbonyl (C=O) groups is 2. The van der Waals surface area contributed by atoms with Gasteiger partial charge in [0.15, 0.2) is 16.6 Å². The zero-order valence-electron chi connectivity index (χ0n) is 16.2. The molecule has 31 heavy (non-hydrogen) atoms. The van der Waals surface area contributed by atoms with Gasteiger partial charge in [0.2, 0.25) is 5.91 Å². The Balaban J connectivity index is 1.20. The number of hydrogen-bond donors (Lipinski definition) is 2. The second kappa shape index (κ2) is 8.44. The van der Waals surface area contributed by atoms with Crippen molar-refractivity contribution in [3.05, 3.63) is 54.6 Å². The Kier molecular flexibility index (Phi) is 5.35. The van der Waals surface area contributed by atoms with Crippen molar-refractivity contribution in [2.75, 3.05) is 11.1 Å². The van der Waals surface area contributed by atoms with Crippen LogP contribution >= 0.6 is 23.1 Å². The van der Waals surface area contributed by atoms with E-state index in [1.54, 1.807) is 18.3 Å². The van der Waals surface area contributed by atoms with Gasteiger partial charge in [0, 0.05) is 18.3 Å². The average Bonchev–Trinajstić information content (AvgIpc) is 3.29. The first-order valence-electron chi connectivity index (χ1n) is 9.61. The van der Waals surface area contributed by atoms with Crippen LogP contribution in [0.3, 0.4) is 0 Å². The molecule has 11 heteroatoms. The molecule has 1 aromatic carbocycles. The lowest BCUT2D eigenvalue weighted by atomic mass is 10.3. The highest BCUT2D eigenvalue weighted by Gasteiger charge is 2.24. The summed E-state index contributed by atoms with van der Waals surface area (Å²) in [6.07, 6.45) is 5.13. The van der Waals surface area contributed by atoms with Crippen molar-refractivity contribution in [1.82, 2.24) is 30.0 Å². The van der Waals surface area contributed by atoms with Gasteiger partial charge in [-0.25, -0.2) is 19.6 Å². The summed E-state index contributed by atoms with van der Waals surface area (Å²) in [5.74, 6) is 0.355. The smallest absolute Gasteiger partial charge is 0.272 e. The molecule has 0 saturated heterocycles. The average molecular weight is 452 g/mol. The van der Waals surface area contributed by atoms with Crippen LogP contribution in [-0.4, -0.2) is 48.3 Å². The molecule has 0 bridgehead atoms. The number of para-hydroxylation sites is 1. The number of thioether (sulfide) groups is 1. The number of fused-ring (bicyclic) bond motifs is 1. The van der Waals surface area contributed by atoms with Gasteiger partial charge in [-0.1, -0.05) is 35.2 Å². The highest BCUT2D eigenvalue weighted by molar-refractivity contribution is 7.99. The van der Waals surface area contributed by atoms with E-state index in [4.69, 9.17) is 0 Å². The summed E-state index contributed by atoms with van der Waals surface area (Å²) in [5, 5.41) is 11.2. The largest absolute Gasteiger partial charge is 0.348 e. The van der Waals surface area contributed by atoms with Crippen LogP contribution in [0, 0.1) is 0 Å². The number of nitrogens with zero attached hydrogens (tertiary/aromatic N) is 5. The highest BCUT2D eigenvalue weighted by atomic mass is 32.2. The Hall–Kier alpha value is -3.31. The maximum atomic E-state index is 12.3.